The Morgan fingerprint density at radius 3 is 2.27 bits per heavy atom. The highest BCUT2D eigenvalue weighted by molar-refractivity contribution is 6.21. The van der Waals surface area contributed by atoms with Crippen LogP contribution in [0.5, 0.6) is 0 Å². The van der Waals surface area contributed by atoms with Crippen LogP contribution in [0.1, 0.15) is 33.6 Å². The lowest BCUT2D eigenvalue weighted by Crippen LogP contribution is -2.42. The molecule has 0 saturated carbocycles. The Kier molecular flexibility index (Phi) is 4.83. The summed E-state index contributed by atoms with van der Waals surface area (Å²) in [6.45, 7) is 1.33. The lowest BCUT2D eigenvalue weighted by Gasteiger charge is -2.23. The summed E-state index contributed by atoms with van der Waals surface area (Å²) in [4.78, 5) is 38.6. The molecule has 0 bridgehead atoms. The lowest BCUT2D eigenvalue weighted by molar-refractivity contribution is -0.142. The fraction of sp³-hybridized carbons (Fsp3) is 0.400. The first kappa shape index (κ1) is 16.5. The van der Waals surface area contributed by atoms with E-state index in [1.165, 1.54) is 4.90 Å². The van der Waals surface area contributed by atoms with Crippen LogP contribution in [0.15, 0.2) is 24.3 Å². The van der Waals surface area contributed by atoms with E-state index < -0.39 is 12.0 Å². The maximum absolute atomic E-state index is 12.2. The highest BCUT2D eigenvalue weighted by atomic mass is 35.5. The average Bonchev–Trinajstić information content (AvgIpc) is 3.03. The molecule has 0 aliphatic carbocycles. The number of imide groups is 1. The van der Waals surface area contributed by atoms with Crippen molar-refractivity contribution in [1.82, 2.24) is 9.80 Å². The molecule has 7 heteroatoms. The van der Waals surface area contributed by atoms with Gasteiger partial charge in [-0.15, -0.1) is 12.4 Å². The van der Waals surface area contributed by atoms with Crippen LogP contribution in [0, 0.1) is 0 Å². The fourth-order valence-electron chi connectivity index (χ4n) is 3.04. The highest BCUT2D eigenvalue weighted by Crippen LogP contribution is 2.23. The van der Waals surface area contributed by atoms with E-state index in [2.05, 4.69) is 0 Å². The van der Waals surface area contributed by atoms with Gasteiger partial charge in [-0.2, -0.15) is 0 Å². The zero-order chi connectivity index (χ0) is 15.0. The van der Waals surface area contributed by atoms with Crippen molar-refractivity contribution in [3.8, 4) is 0 Å². The molecular formula is C15H17ClN2O4. The predicted octanol–water partition coefficient (Wildman–Crippen LogP) is 1.25. The maximum atomic E-state index is 12.2. The smallest absolute Gasteiger partial charge is 0.320 e. The number of carboxylic acids is 1. The molecule has 2 aliphatic rings. The Morgan fingerprint density at radius 1 is 1.14 bits per heavy atom. The molecule has 2 heterocycles. The molecule has 1 atom stereocenters. The number of hydrogen-bond acceptors (Lipinski definition) is 4. The molecule has 1 N–H and O–H groups in total. The summed E-state index contributed by atoms with van der Waals surface area (Å²) < 4.78 is 0. The monoisotopic (exact) mass is 324 g/mol. The Labute approximate surface area is 134 Å². The minimum absolute atomic E-state index is 0. The topological polar surface area (TPSA) is 77.9 Å². The highest BCUT2D eigenvalue weighted by Gasteiger charge is 2.36. The van der Waals surface area contributed by atoms with E-state index in [1.807, 2.05) is 4.90 Å². The van der Waals surface area contributed by atoms with Gasteiger partial charge >= 0.3 is 5.97 Å². The van der Waals surface area contributed by atoms with Crippen molar-refractivity contribution in [3.05, 3.63) is 35.4 Å². The first-order valence-corrected chi connectivity index (χ1v) is 7.01. The van der Waals surface area contributed by atoms with E-state index in [9.17, 15) is 14.4 Å². The van der Waals surface area contributed by atoms with E-state index in [-0.39, 0.29) is 30.8 Å². The lowest BCUT2D eigenvalue weighted by atomic mass is 10.1. The van der Waals surface area contributed by atoms with Gasteiger partial charge in [0.25, 0.3) is 11.8 Å². The van der Waals surface area contributed by atoms with Crippen molar-refractivity contribution < 1.29 is 19.5 Å². The largest absolute Gasteiger partial charge is 0.480 e. The number of likely N-dealkylation sites (tertiary alicyclic amines) is 1. The van der Waals surface area contributed by atoms with Gasteiger partial charge in [-0.1, -0.05) is 12.1 Å². The number of fused-ring (bicyclic) bond motifs is 1. The minimum atomic E-state index is -0.838. The van der Waals surface area contributed by atoms with E-state index in [1.54, 1.807) is 24.3 Å². The van der Waals surface area contributed by atoms with Crippen LogP contribution in [0.25, 0.3) is 0 Å². The molecular weight excluding hydrogens is 308 g/mol. The van der Waals surface area contributed by atoms with Crippen molar-refractivity contribution >= 4 is 30.2 Å². The summed E-state index contributed by atoms with van der Waals surface area (Å²) in [6.07, 6.45) is 1.45. The molecule has 1 fully saturated rings. The van der Waals surface area contributed by atoms with Crippen LogP contribution in [0.2, 0.25) is 0 Å². The van der Waals surface area contributed by atoms with Crippen LogP contribution in [-0.4, -0.2) is 58.4 Å². The number of benzene rings is 1. The zero-order valence-corrected chi connectivity index (χ0v) is 12.7. The Balaban J connectivity index is 0.00000176. The van der Waals surface area contributed by atoms with Gasteiger partial charge < -0.3 is 5.11 Å². The number of nitrogens with zero attached hydrogens (tertiary/aromatic N) is 2. The third-order valence-corrected chi connectivity index (χ3v) is 4.14. The normalized spacial score (nSPS) is 20.9. The molecule has 0 aromatic heterocycles. The number of amides is 2. The number of hydrogen-bond donors (Lipinski definition) is 1. The second-order valence-corrected chi connectivity index (χ2v) is 5.34. The summed E-state index contributed by atoms with van der Waals surface area (Å²) in [5.41, 5.74) is 0.859. The summed E-state index contributed by atoms with van der Waals surface area (Å²) in [6, 6.07) is 6.25. The van der Waals surface area contributed by atoms with Gasteiger partial charge in [0.05, 0.1) is 11.1 Å². The van der Waals surface area contributed by atoms with E-state index in [4.69, 9.17) is 5.11 Å². The number of carboxylic acid groups (broad SMARTS) is 1. The predicted molar refractivity (Wildman–Crippen MR) is 81.3 cm³/mol. The summed E-state index contributed by atoms with van der Waals surface area (Å²) in [7, 11) is 0. The molecule has 1 aromatic rings. The molecule has 0 spiro atoms. The summed E-state index contributed by atoms with van der Waals surface area (Å²) >= 11 is 0. The van der Waals surface area contributed by atoms with Gasteiger partial charge in [-0.25, -0.2) is 0 Å². The first-order valence-electron chi connectivity index (χ1n) is 7.01. The van der Waals surface area contributed by atoms with Crippen LogP contribution >= 0.6 is 12.4 Å². The Bertz CT molecular complexity index is 584. The van der Waals surface area contributed by atoms with Crippen molar-refractivity contribution in [2.45, 2.75) is 18.9 Å². The first-order chi connectivity index (χ1) is 10.1. The number of carbonyl (C=O) groups excluding carboxylic acids is 2. The van der Waals surface area contributed by atoms with Crippen molar-refractivity contribution in [1.29, 1.82) is 0 Å². The molecule has 118 valence electrons. The van der Waals surface area contributed by atoms with Crippen LogP contribution in [0.3, 0.4) is 0 Å². The number of rotatable bonds is 4. The molecule has 22 heavy (non-hydrogen) atoms. The molecule has 2 amide bonds. The minimum Gasteiger partial charge on any atom is -0.480 e. The molecule has 1 saturated heterocycles. The van der Waals surface area contributed by atoms with Gasteiger partial charge in [0, 0.05) is 13.1 Å². The van der Waals surface area contributed by atoms with E-state index >= 15 is 0 Å². The molecule has 2 aliphatic heterocycles. The summed E-state index contributed by atoms with van der Waals surface area (Å²) in [5, 5.41) is 9.13. The van der Waals surface area contributed by atoms with Crippen LogP contribution < -0.4 is 0 Å². The quantitative estimate of drug-likeness (QED) is 0.843. The van der Waals surface area contributed by atoms with Gasteiger partial charge in [0.15, 0.2) is 0 Å². The standard InChI is InChI=1S/C15H16N2O4.ClH/c18-13-10-4-1-2-5-11(10)14(19)17(13)9-8-16-7-3-6-12(16)15(20)21;/h1-2,4-5,12H,3,6-9H2,(H,20,21);1H. The molecule has 3 rings (SSSR count). The van der Waals surface area contributed by atoms with Gasteiger partial charge in [0.1, 0.15) is 6.04 Å². The van der Waals surface area contributed by atoms with Crippen molar-refractivity contribution in [2.24, 2.45) is 0 Å². The third-order valence-electron chi connectivity index (χ3n) is 4.14. The number of halogens is 1. The number of aliphatic carboxylic acids is 1. The molecule has 1 unspecified atom stereocenters. The van der Waals surface area contributed by atoms with Crippen LogP contribution in [0.4, 0.5) is 0 Å². The van der Waals surface area contributed by atoms with Crippen molar-refractivity contribution in [3.63, 3.8) is 0 Å². The van der Waals surface area contributed by atoms with Gasteiger partial charge in [-0.3, -0.25) is 24.2 Å². The Hall–Kier alpha value is -1.92. The summed E-state index contributed by atoms with van der Waals surface area (Å²) in [5.74, 6) is -1.42. The fourth-order valence-corrected chi connectivity index (χ4v) is 3.04. The second kappa shape index (κ2) is 6.46. The van der Waals surface area contributed by atoms with Gasteiger partial charge in [0.2, 0.25) is 0 Å². The zero-order valence-electron chi connectivity index (χ0n) is 11.9. The maximum Gasteiger partial charge on any atom is 0.320 e. The van der Waals surface area contributed by atoms with Crippen molar-refractivity contribution in [2.75, 3.05) is 19.6 Å². The van der Waals surface area contributed by atoms with E-state index in [0.717, 1.165) is 6.42 Å². The molecule has 6 nitrogen and oxygen atoms in total. The molecule has 1 aromatic carbocycles. The van der Waals surface area contributed by atoms with Gasteiger partial charge in [-0.05, 0) is 31.5 Å². The van der Waals surface area contributed by atoms with E-state index in [0.29, 0.717) is 30.6 Å². The second-order valence-electron chi connectivity index (χ2n) is 5.34. The average molecular weight is 325 g/mol. The third kappa shape index (κ3) is 2.71. The van der Waals surface area contributed by atoms with Crippen LogP contribution in [-0.2, 0) is 4.79 Å². The Morgan fingerprint density at radius 2 is 1.73 bits per heavy atom. The molecule has 0 radical (unpaired) electrons. The number of carbonyl (C=O) groups is 3. The SMILES string of the molecule is Cl.O=C(O)C1CCCN1CCN1C(=O)c2ccccc2C1=O.